The Labute approximate surface area is 176 Å². The maximum atomic E-state index is 12.8. The van der Waals surface area contributed by atoms with Crippen molar-refractivity contribution < 1.29 is 4.79 Å². The zero-order chi connectivity index (χ0) is 19.5. The first-order chi connectivity index (χ1) is 13.6. The van der Waals surface area contributed by atoms with Gasteiger partial charge in [-0.15, -0.1) is 11.3 Å². The van der Waals surface area contributed by atoms with Crippen LogP contribution in [0.2, 0.25) is 10.0 Å². The van der Waals surface area contributed by atoms with Crippen LogP contribution in [-0.4, -0.2) is 47.0 Å². The highest BCUT2D eigenvalue weighted by Crippen LogP contribution is 2.28. The summed E-state index contributed by atoms with van der Waals surface area (Å²) in [7, 11) is 0. The van der Waals surface area contributed by atoms with Crippen LogP contribution in [0.4, 0.5) is 16.5 Å². The van der Waals surface area contributed by atoms with Crippen LogP contribution in [0.1, 0.15) is 10.5 Å². The summed E-state index contributed by atoms with van der Waals surface area (Å²) in [5.41, 5.74) is 2.31. The van der Waals surface area contributed by atoms with E-state index in [2.05, 4.69) is 20.2 Å². The van der Waals surface area contributed by atoms with E-state index < -0.39 is 0 Å². The number of piperazine rings is 1. The van der Waals surface area contributed by atoms with Crippen molar-refractivity contribution in [2.45, 2.75) is 0 Å². The van der Waals surface area contributed by atoms with Gasteiger partial charge in [0.25, 0.3) is 5.91 Å². The standard InChI is InChI=1S/C19H17Cl2N5OS/c20-15-4-3-14(10-16(15)21)25-6-8-26(9-7-25)18(27)17-12-28-19(24-17)23-13-2-1-5-22-11-13/h1-5,10-12H,6-9H2,(H,23,24). The van der Waals surface area contributed by atoms with Crippen LogP contribution in [0.3, 0.4) is 0 Å². The number of pyridine rings is 1. The smallest absolute Gasteiger partial charge is 0.273 e. The van der Waals surface area contributed by atoms with Gasteiger partial charge in [0.2, 0.25) is 0 Å². The minimum Gasteiger partial charge on any atom is -0.368 e. The molecule has 1 amide bonds. The van der Waals surface area contributed by atoms with Gasteiger partial charge in [0, 0.05) is 43.4 Å². The Hall–Kier alpha value is -2.35. The lowest BCUT2D eigenvalue weighted by Gasteiger charge is -2.36. The predicted molar refractivity (Wildman–Crippen MR) is 114 cm³/mol. The topological polar surface area (TPSA) is 61.4 Å². The molecule has 2 aromatic heterocycles. The molecule has 28 heavy (non-hydrogen) atoms. The number of amides is 1. The highest BCUT2D eigenvalue weighted by atomic mass is 35.5. The van der Waals surface area contributed by atoms with Crippen molar-refractivity contribution in [3.63, 3.8) is 0 Å². The molecule has 3 heterocycles. The third-order valence-corrected chi connectivity index (χ3v) is 5.97. The number of nitrogens with zero attached hydrogens (tertiary/aromatic N) is 4. The molecule has 144 valence electrons. The fourth-order valence-electron chi connectivity index (χ4n) is 3.00. The molecule has 0 saturated carbocycles. The van der Waals surface area contributed by atoms with Crippen LogP contribution in [-0.2, 0) is 0 Å². The van der Waals surface area contributed by atoms with Crippen LogP contribution in [0.25, 0.3) is 0 Å². The third-order valence-electron chi connectivity index (χ3n) is 4.47. The maximum absolute atomic E-state index is 12.8. The van der Waals surface area contributed by atoms with Crippen LogP contribution in [0.15, 0.2) is 48.1 Å². The van der Waals surface area contributed by atoms with Gasteiger partial charge < -0.3 is 15.1 Å². The number of carbonyl (C=O) groups is 1. The third kappa shape index (κ3) is 4.22. The Morgan fingerprint density at radius 3 is 2.64 bits per heavy atom. The van der Waals surface area contributed by atoms with Crippen molar-refractivity contribution in [2.24, 2.45) is 0 Å². The molecule has 3 aromatic rings. The van der Waals surface area contributed by atoms with Crippen LogP contribution < -0.4 is 10.2 Å². The Balaban J connectivity index is 1.37. The summed E-state index contributed by atoms with van der Waals surface area (Å²) in [4.78, 5) is 25.3. The number of anilines is 3. The average molecular weight is 434 g/mol. The molecule has 0 spiro atoms. The molecular formula is C19H17Cl2N5OS. The Morgan fingerprint density at radius 1 is 1.11 bits per heavy atom. The van der Waals surface area contributed by atoms with E-state index in [0.29, 0.717) is 34.0 Å². The van der Waals surface area contributed by atoms with Gasteiger partial charge in [-0.1, -0.05) is 23.2 Å². The van der Waals surface area contributed by atoms with Crippen molar-refractivity contribution in [1.82, 2.24) is 14.9 Å². The van der Waals surface area contributed by atoms with Gasteiger partial charge in [-0.3, -0.25) is 9.78 Å². The molecule has 1 aromatic carbocycles. The Bertz CT molecular complexity index is 973. The lowest BCUT2D eigenvalue weighted by atomic mass is 10.2. The van der Waals surface area contributed by atoms with E-state index in [1.54, 1.807) is 23.8 Å². The number of rotatable bonds is 4. The van der Waals surface area contributed by atoms with E-state index in [9.17, 15) is 4.79 Å². The molecule has 9 heteroatoms. The number of thiazole rings is 1. The average Bonchev–Trinajstić information content (AvgIpc) is 3.19. The predicted octanol–water partition coefficient (Wildman–Crippen LogP) is 4.55. The number of hydrogen-bond donors (Lipinski definition) is 1. The first kappa shape index (κ1) is 19.0. The molecule has 0 radical (unpaired) electrons. The second-order valence-electron chi connectivity index (χ2n) is 6.28. The van der Waals surface area contributed by atoms with E-state index in [-0.39, 0.29) is 5.91 Å². The summed E-state index contributed by atoms with van der Waals surface area (Å²) in [5, 5.41) is 6.70. The van der Waals surface area contributed by atoms with E-state index in [4.69, 9.17) is 23.2 Å². The lowest BCUT2D eigenvalue weighted by molar-refractivity contribution is 0.0742. The number of carbonyl (C=O) groups excluding carboxylic acids is 1. The molecule has 1 N–H and O–H groups in total. The molecule has 6 nitrogen and oxygen atoms in total. The summed E-state index contributed by atoms with van der Waals surface area (Å²) >= 11 is 13.5. The molecular weight excluding hydrogens is 417 g/mol. The number of nitrogens with one attached hydrogen (secondary N) is 1. The maximum Gasteiger partial charge on any atom is 0.273 e. The summed E-state index contributed by atoms with van der Waals surface area (Å²) in [6.07, 6.45) is 3.42. The number of aromatic nitrogens is 2. The molecule has 1 aliphatic rings. The molecule has 0 unspecified atom stereocenters. The molecule has 0 bridgehead atoms. The van der Waals surface area contributed by atoms with Gasteiger partial charge in [0.05, 0.1) is 21.9 Å². The van der Waals surface area contributed by atoms with E-state index in [1.165, 1.54) is 11.3 Å². The van der Waals surface area contributed by atoms with E-state index in [1.807, 2.05) is 29.2 Å². The Kier molecular flexibility index (Phi) is 5.66. The fraction of sp³-hybridized carbons (Fsp3) is 0.211. The van der Waals surface area contributed by atoms with Crippen LogP contribution in [0.5, 0.6) is 0 Å². The van der Waals surface area contributed by atoms with Crippen molar-refractivity contribution in [2.75, 3.05) is 36.4 Å². The highest BCUT2D eigenvalue weighted by Gasteiger charge is 2.24. The van der Waals surface area contributed by atoms with Gasteiger partial charge in [-0.25, -0.2) is 4.98 Å². The zero-order valence-corrected chi connectivity index (χ0v) is 17.1. The SMILES string of the molecule is O=C(c1csc(Nc2cccnc2)n1)N1CCN(c2ccc(Cl)c(Cl)c2)CC1. The summed E-state index contributed by atoms with van der Waals surface area (Å²) in [6.45, 7) is 2.72. The second-order valence-corrected chi connectivity index (χ2v) is 7.95. The Morgan fingerprint density at radius 2 is 1.93 bits per heavy atom. The minimum absolute atomic E-state index is 0.0516. The molecule has 1 fully saturated rings. The van der Waals surface area contributed by atoms with E-state index in [0.717, 1.165) is 24.5 Å². The highest BCUT2D eigenvalue weighted by molar-refractivity contribution is 7.14. The summed E-state index contributed by atoms with van der Waals surface area (Å²) < 4.78 is 0. The van der Waals surface area contributed by atoms with Crippen molar-refractivity contribution >= 4 is 57.0 Å². The first-order valence-electron chi connectivity index (χ1n) is 8.72. The molecule has 0 atom stereocenters. The summed E-state index contributed by atoms with van der Waals surface area (Å²) in [5.74, 6) is -0.0516. The molecule has 1 saturated heterocycles. The number of halogens is 2. The lowest BCUT2D eigenvalue weighted by Crippen LogP contribution is -2.48. The van der Waals surface area contributed by atoms with Crippen LogP contribution in [0, 0.1) is 0 Å². The quantitative estimate of drug-likeness (QED) is 0.653. The van der Waals surface area contributed by atoms with E-state index >= 15 is 0 Å². The minimum atomic E-state index is -0.0516. The molecule has 1 aliphatic heterocycles. The van der Waals surface area contributed by atoms with Gasteiger partial charge in [0.1, 0.15) is 5.69 Å². The molecule has 0 aliphatic carbocycles. The monoisotopic (exact) mass is 433 g/mol. The normalized spacial score (nSPS) is 14.2. The summed E-state index contributed by atoms with van der Waals surface area (Å²) in [6, 6.07) is 9.34. The second kappa shape index (κ2) is 8.34. The van der Waals surface area contributed by atoms with Gasteiger partial charge in [-0.05, 0) is 30.3 Å². The van der Waals surface area contributed by atoms with Gasteiger partial charge >= 0.3 is 0 Å². The fourth-order valence-corrected chi connectivity index (χ4v) is 4.00. The number of benzene rings is 1. The van der Waals surface area contributed by atoms with Crippen molar-refractivity contribution in [1.29, 1.82) is 0 Å². The molecule has 4 rings (SSSR count). The first-order valence-corrected chi connectivity index (χ1v) is 10.4. The van der Waals surface area contributed by atoms with Crippen LogP contribution >= 0.6 is 34.5 Å². The largest absolute Gasteiger partial charge is 0.368 e. The van der Waals surface area contributed by atoms with Crippen molar-refractivity contribution in [3.8, 4) is 0 Å². The van der Waals surface area contributed by atoms with Gasteiger partial charge in [0.15, 0.2) is 5.13 Å². The van der Waals surface area contributed by atoms with Crippen molar-refractivity contribution in [3.05, 3.63) is 63.8 Å². The number of hydrogen-bond acceptors (Lipinski definition) is 6. The van der Waals surface area contributed by atoms with Gasteiger partial charge in [-0.2, -0.15) is 0 Å². The zero-order valence-electron chi connectivity index (χ0n) is 14.8.